The van der Waals surface area contributed by atoms with Gasteiger partial charge in [0.1, 0.15) is 0 Å². The fourth-order valence-electron chi connectivity index (χ4n) is 2.29. The lowest BCUT2D eigenvalue weighted by molar-refractivity contribution is -0.118. The Hall–Kier alpha value is -2.61. The Labute approximate surface area is 130 Å². The maximum absolute atomic E-state index is 12.5. The van der Waals surface area contributed by atoms with E-state index in [1.54, 1.807) is 15.8 Å². The standard InChI is InChI=1S/C17H20N4O/c1-14-5-3-6-16(11-14)21(9-4-8-18)17(22)7-10-20-13-15(2)12-19-20/h3,5-6,11-13H,4,7,9-10H2,1-2H3. The molecule has 0 saturated carbocycles. The van der Waals surface area contributed by atoms with E-state index in [1.165, 1.54) is 0 Å². The molecule has 5 heteroatoms. The maximum atomic E-state index is 12.5. The molecular formula is C17H20N4O. The normalized spacial score (nSPS) is 10.2. The summed E-state index contributed by atoms with van der Waals surface area (Å²) in [5, 5.41) is 13.0. The van der Waals surface area contributed by atoms with Gasteiger partial charge in [0.05, 0.1) is 18.7 Å². The summed E-state index contributed by atoms with van der Waals surface area (Å²) in [4.78, 5) is 14.2. The summed E-state index contributed by atoms with van der Waals surface area (Å²) in [5.74, 6) is 0.00834. The highest BCUT2D eigenvalue weighted by atomic mass is 16.2. The summed E-state index contributed by atoms with van der Waals surface area (Å²) in [6, 6.07) is 9.89. The zero-order chi connectivity index (χ0) is 15.9. The van der Waals surface area contributed by atoms with Crippen molar-refractivity contribution in [1.82, 2.24) is 9.78 Å². The lowest BCUT2D eigenvalue weighted by Crippen LogP contribution is -2.32. The molecule has 0 spiro atoms. The second-order valence-corrected chi connectivity index (χ2v) is 5.32. The van der Waals surface area contributed by atoms with E-state index < -0.39 is 0 Å². The van der Waals surface area contributed by atoms with Gasteiger partial charge in [-0.1, -0.05) is 12.1 Å². The number of rotatable bonds is 6. The van der Waals surface area contributed by atoms with E-state index in [-0.39, 0.29) is 5.91 Å². The number of benzene rings is 1. The Balaban J connectivity index is 2.07. The molecule has 0 N–H and O–H groups in total. The third kappa shape index (κ3) is 4.19. The van der Waals surface area contributed by atoms with Gasteiger partial charge >= 0.3 is 0 Å². The van der Waals surface area contributed by atoms with Crippen LogP contribution < -0.4 is 4.90 Å². The quantitative estimate of drug-likeness (QED) is 0.823. The first kappa shape index (κ1) is 15.8. The summed E-state index contributed by atoms with van der Waals surface area (Å²) in [6.45, 7) is 4.92. The number of amides is 1. The number of anilines is 1. The second-order valence-electron chi connectivity index (χ2n) is 5.32. The largest absolute Gasteiger partial charge is 0.311 e. The topological polar surface area (TPSA) is 61.9 Å². The van der Waals surface area contributed by atoms with Crippen molar-refractivity contribution in [2.24, 2.45) is 0 Å². The predicted octanol–water partition coefficient (Wildman–Crippen LogP) is 2.84. The van der Waals surface area contributed by atoms with Gasteiger partial charge in [-0.15, -0.1) is 0 Å². The van der Waals surface area contributed by atoms with Gasteiger partial charge < -0.3 is 4.90 Å². The first-order valence-corrected chi connectivity index (χ1v) is 7.33. The van der Waals surface area contributed by atoms with E-state index in [0.717, 1.165) is 16.8 Å². The number of hydrogen-bond acceptors (Lipinski definition) is 3. The molecule has 0 aliphatic rings. The third-order valence-corrected chi connectivity index (χ3v) is 3.38. The van der Waals surface area contributed by atoms with Crippen LogP contribution in [0.3, 0.4) is 0 Å². The smallest absolute Gasteiger partial charge is 0.228 e. The molecule has 1 heterocycles. The third-order valence-electron chi connectivity index (χ3n) is 3.38. The predicted molar refractivity (Wildman–Crippen MR) is 85.3 cm³/mol. The average molecular weight is 296 g/mol. The van der Waals surface area contributed by atoms with Crippen molar-refractivity contribution in [3.05, 3.63) is 47.8 Å². The van der Waals surface area contributed by atoms with E-state index >= 15 is 0 Å². The SMILES string of the molecule is Cc1cccc(N(CCC#N)C(=O)CCn2cc(C)cn2)c1. The van der Waals surface area contributed by atoms with Crippen LogP contribution in [0.4, 0.5) is 5.69 Å². The van der Waals surface area contributed by atoms with Gasteiger partial charge in [-0.25, -0.2) is 0 Å². The summed E-state index contributed by atoms with van der Waals surface area (Å²) in [5.41, 5.74) is 3.01. The molecule has 1 aromatic carbocycles. The van der Waals surface area contributed by atoms with Crippen LogP contribution in [0.25, 0.3) is 0 Å². The zero-order valence-corrected chi connectivity index (χ0v) is 13.0. The van der Waals surface area contributed by atoms with E-state index in [1.807, 2.05) is 44.3 Å². The molecule has 0 fully saturated rings. The van der Waals surface area contributed by atoms with Crippen LogP contribution in [0, 0.1) is 25.2 Å². The minimum absolute atomic E-state index is 0.00834. The molecule has 0 radical (unpaired) electrons. The second kappa shape index (κ2) is 7.41. The first-order valence-electron chi connectivity index (χ1n) is 7.33. The van der Waals surface area contributed by atoms with Gasteiger partial charge in [0.15, 0.2) is 0 Å². The van der Waals surface area contributed by atoms with E-state index in [9.17, 15) is 4.79 Å². The van der Waals surface area contributed by atoms with E-state index in [4.69, 9.17) is 5.26 Å². The number of carbonyl (C=O) groups is 1. The number of aromatic nitrogens is 2. The van der Waals surface area contributed by atoms with Crippen LogP contribution in [-0.2, 0) is 11.3 Å². The molecule has 2 aromatic rings. The van der Waals surface area contributed by atoms with Gasteiger partial charge in [-0.3, -0.25) is 9.48 Å². The number of aryl methyl sites for hydroxylation is 3. The van der Waals surface area contributed by atoms with Crippen molar-refractivity contribution in [3.8, 4) is 6.07 Å². The van der Waals surface area contributed by atoms with Crippen molar-refractivity contribution in [2.75, 3.05) is 11.4 Å². The van der Waals surface area contributed by atoms with Gasteiger partial charge in [-0.05, 0) is 37.1 Å². The molecule has 0 unspecified atom stereocenters. The Morgan fingerprint density at radius 2 is 2.18 bits per heavy atom. The van der Waals surface area contributed by atoms with Gasteiger partial charge in [0.25, 0.3) is 0 Å². The average Bonchev–Trinajstić information content (AvgIpc) is 2.91. The molecule has 0 atom stereocenters. The first-order chi connectivity index (χ1) is 10.6. The molecule has 2 rings (SSSR count). The van der Waals surface area contributed by atoms with Crippen LogP contribution >= 0.6 is 0 Å². The Morgan fingerprint density at radius 3 is 2.82 bits per heavy atom. The van der Waals surface area contributed by atoms with Crippen molar-refractivity contribution in [2.45, 2.75) is 33.2 Å². The number of nitrogens with zero attached hydrogens (tertiary/aromatic N) is 4. The van der Waals surface area contributed by atoms with Crippen molar-refractivity contribution in [3.63, 3.8) is 0 Å². The minimum Gasteiger partial charge on any atom is -0.311 e. The summed E-state index contributed by atoms with van der Waals surface area (Å²) < 4.78 is 1.77. The monoisotopic (exact) mass is 296 g/mol. The molecule has 114 valence electrons. The molecule has 22 heavy (non-hydrogen) atoms. The molecule has 5 nitrogen and oxygen atoms in total. The maximum Gasteiger partial charge on any atom is 0.228 e. The Bertz CT molecular complexity index is 684. The van der Waals surface area contributed by atoms with Crippen molar-refractivity contribution >= 4 is 11.6 Å². The minimum atomic E-state index is 0.00834. The number of carbonyl (C=O) groups excluding carboxylic acids is 1. The molecule has 0 bridgehead atoms. The van der Waals surface area contributed by atoms with Crippen molar-refractivity contribution in [1.29, 1.82) is 5.26 Å². The summed E-state index contributed by atoms with van der Waals surface area (Å²) in [6.07, 6.45) is 4.37. The lowest BCUT2D eigenvalue weighted by atomic mass is 10.2. The molecule has 1 amide bonds. The van der Waals surface area contributed by atoms with Crippen molar-refractivity contribution < 1.29 is 4.79 Å². The van der Waals surface area contributed by atoms with E-state index in [0.29, 0.717) is 25.9 Å². The number of nitriles is 1. The lowest BCUT2D eigenvalue weighted by Gasteiger charge is -2.22. The fraction of sp³-hybridized carbons (Fsp3) is 0.353. The van der Waals surface area contributed by atoms with Crippen LogP contribution in [0.2, 0.25) is 0 Å². The van der Waals surface area contributed by atoms with Crippen LogP contribution in [0.5, 0.6) is 0 Å². The highest BCUT2D eigenvalue weighted by Gasteiger charge is 2.15. The van der Waals surface area contributed by atoms with E-state index in [2.05, 4.69) is 11.2 Å². The fourth-order valence-corrected chi connectivity index (χ4v) is 2.29. The summed E-state index contributed by atoms with van der Waals surface area (Å²) >= 11 is 0. The van der Waals surface area contributed by atoms with Gasteiger partial charge in [0, 0.05) is 31.4 Å². The van der Waals surface area contributed by atoms with Gasteiger partial charge in [-0.2, -0.15) is 10.4 Å². The molecule has 0 aliphatic heterocycles. The molecule has 1 aromatic heterocycles. The Kier molecular flexibility index (Phi) is 5.31. The van der Waals surface area contributed by atoms with Crippen LogP contribution in [0.15, 0.2) is 36.7 Å². The van der Waals surface area contributed by atoms with Gasteiger partial charge in [0.2, 0.25) is 5.91 Å². The van der Waals surface area contributed by atoms with Crippen LogP contribution in [-0.4, -0.2) is 22.2 Å². The number of hydrogen-bond donors (Lipinski definition) is 0. The molecule has 0 saturated heterocycles. The zero-order valence-electron chi connectivity index (χ0n) is 13.0. The Morgan fingerprint density at radius 1 is 1.36 bits per heavy atom. The highest BCUT2D eigenvalue weighted by Crippen LogP contribution is 2.17. The van der Waals surface area contributed by atoms with Crippen LogP contribution in [0.1, 0.15) is 24.0 Å². The molecular weight excluding hydrogens is 276 g/mol. The molecule has 0 aliphatic carbocycles. The highest BCUT2D eigenvalue weighted by molar-refractivity contribution is 5.93. The summed E-state index contributed by atoms with van der Waals surface area (Å²) in [7, 11) is 0.